The Morgan fingerprint density at radius 1 is 0.810 bits per heavy atom. The fraction of sp³-hybridized carbons (Fsp3) is 0.235. The third-order valence-corrected chi connectivity index (χ3v) is 2.95. The number of hydrogen-bond acceptors (Lipinski definition) is 4. The van der Waals surface area contributed by atoms with Crippen molar-refractivity contribution in [2.45, 2.75) is 13.2 Å². The number of esters is 1. The number of carbonyl (C=O) groups excluding carboxylic acids is 1. The molecule has 4 nitrogen and oxygen atoms in total. The van der Waals surface area contributed by atoms with E-state index < -0.39 is 0 Å². The van der Waals surface area contributed by atoms with Crippen LogP contribution >= 0.6 is 0 Å². The minimum absolute atomic E-state index is 0.376. The molecule has 0 aliphatic heterocycles. The van der Waals surface area contributed by atoms with Gasteiger partial charge in [0.1, 0.15) is 5.75 Å². The number of methoxy groups -OCH3 is 2. The van der Waals surface area contributed by atoms with Crippen LogP contribution in [0.15, 0.2) is 48.5 Å². The van der Waals surface area contributed by atoms with Gasteiger partial charge in [-0.15, -0.1) is 0 Å². The summed E-state index contributed by atoms with van der Waals surface area (Å²) in [7, 11) is 3.27. The molecule has 4 heteroatoms. The van der Waals surface area contributed by atoms with Crippen LogP contribution in [0.25, 0.3) is 0 Å². The Kier molecular flexibility index (Phi) is 5.49. The summed E-state index contributed by atoms with van der Waals surface area (Å²) in [5.41, 5.74) is 2.55. The molecule has 0 saturated carbocycles. The summed E-state index contributed by atoms with van der Waals surface area (Å²) in [4.78, 5) is 12.0. The molecule has 0 aliphatic rings. The number of benzene rings is 2. The van der Waals surface area contributed by atoms with Gasteiger partial charge in [0.15, 0.2) is 0 Å². The van der Waals surface area contributed by atoms with Crippen molar-refractivity contribution in [2.75, 3.05) is 14.2 Å². The number of ether oxygens (including phenoxy) is 3. The second-order valence-electron chi connectivity index (χ2n) is 4.60. The molecule has 0 unspecified atom stereocenters. The Morgan fingerprint density at radius 2 is 1.29 bits per heavy atom. The van der Waals surface area contributed by atoms with E-state index >= 15 is 0 Å². The lowest BCUT2D eigenvalue weighted by atomic mass is 10.1. The lowest BCUT2D eigenvalue weighted by Crippen LogP contribution is -2.08. The number of hydrogen-bond donors (Lipinski definition) is 0. The molecule has 0 aromatic heterocycles. The Hall–Kier alpha value is -2.17. The zero-order chi connectivity index (χ0) is 15.1. The molecule has 0 atom stereocenters. The monoisotopic (exact) mass is 286 g/mol. The normalized spacial score (nSPS) is 10.4. The minimum atomic E-state index is -0.376. The van der Waals surface area contributed by atoms with Gasteiger partial charge in [0, 0.05) is 14.2 Å². The summed E-state index contributed by atoms with van der Waals surface area (Å²) in [6, 6.07) is 14.4. The molecule has 0 N–H and O–H groups in total. The van der Waals surface area contributed by atoms with E-state index in [-0.39, 0.29) is 5.97 Å². The molecule has 2 aromatic carbocycles. The van der Waals surface area contributed by atoms with Gasteiger partial charge in [-0.1, -0.05) is 24.3 Å². The van der Waals surface area contributed by atoms with Crippen LogP contribution in [0.3, 0.4) is 0 Å². The van der Waals surface area contributed by atoms with Gasteiger partial charge in [0.05, 0.1) is 18.8 Å². The first kappa shape index (κ1) is 15.2. The first-order chi connectivity index (χ1) is 10.2. The maximum absolute atomic E-state index is 12.0. The number of rotatable bonds is 6. The van der Waals surface area contributed by atoms with Gasteiger partial charge < -0.3 is 14.2 Å². The summed E-state index contributed by atoms with van der Waals surface area (Å²) < 4.78 is 15.4. The second kappa shape index (κ2) is 7.57. The molecular formula is C17H18O4. The molecule has 0 heterocycles. The Bertz CT molecular complexity index is 573. The van der Waals surface area contributed by atoms with Crippen LogP contribution in [0.1, 0.15) is 21.5 Å². The van der Waals surface area contributed by atoms with E-state index in [0.717, 1.165) is 11.1 Å². The highest BCUT2D eigenvalue weighted by Crippen LogP contribution is 2.15. The maximum Gasteiger partial charge on any atom is 0.343 e. The van der Waals surface area contributed by atoms with Crippen molar-refractivity contribution in [3.8, 4) is 5.75 Å². The van der Waals surface area contributed by atoms with Crippen molar-refractivity contribution in [1.29, 1.82) is 0 Å². The average molecular weight is 286 g/mol. The highest BCUT2D eigenvalue weighted by Gasteiger charge is 2.08. The molecule has 21 heavy (non-hydrogen) atoms. The largest absolute Gasteiger partial charge is 0.423 e. The van der Waals surface area contributed by atoms with Crippen molar-refractivity contribution in [1.82, 2.24) is 0 Å². The SMILES string of the molecule is COCc1ccc(OC(=O)c2ccc(COC)cc2)cc1. The summed E-state index contributed by atoms with van der Waals surface area (Å²) in [6.07, 6.45) is 0. The van der Waals surface area contributed by atoms with Crippen molar-refractivity contribution in [2.24, 2.45) is 0 Å². The average Bonchev–Trinajstić information content (AvgIpc) is 2.50. The molecule has 110 valence electrons. The van der Waals surface area contributed by atoms with Crippen LogP contribution in [0, 0.1) is 0 Å². The lowest BCUT2D eigenvalue weighted by molar-refractivity contribution is 0.0734. The van der Waals surface area contributed by atoms with E-state index in [4.69, 9.17) is 14.2 Å². The van der Waals surface area contributed by atoms with E-state index in [2.05, 4.69) is 0 Å². The zero-order valence-electron chi connectivity index (χ0n) is 12.2. The molecule has 2 aromatic rings. The molecule has 2 rings (SSSR count). The quantitative estimate of drug-likeness (QED) is 0.604. The van der Waals surface area contributed by atoms with Crippen molar-refractivity contribution in [3.05, 3.63) is 65.2 Å². The minimum Gasteiger partial charge on any atom is -0.423 e. The van der Waals surface area contributed by atoms with Crippen molar-refractivity contribution < 1.29 is 19.0 Å². The van der Waals surface area contributed by atoms with Crippen LogP contribution < -0.4 is 4.74 Å². The van der Waals surface area contributed by atoms with Gasteiger partial charge >= 0.3 is 5.97 Å². The predicted octanol–water partition coefficient (Wildman–Crippen LogP) is 3.20. The smallest absolute Gasteiger partial charge is 0.343 e. The van der Waals surface area contributed by atoms with E-state index in [9.17, 15) is 4.79 Å². The van der Waals surface area contributed by atoms with Crippen LogP contribution in [0.2, 0.25) is 0 Å². The third kappa shape index (κ3) is 4.41. The van der Waals surface area contributed by atoms with E-state index in [1.165, 1.54) is 0 Å². The third-order valence-electron chi connectivity index (χ3n) is 2.95. The lowest BCUT2D eigenvalue weighted by Gasteiger charge is -2.06. The van der Waals surface area contributed by atoms with Crippen LogP contribution in [-0.4, -0.2) is 20.2 Å². The fourth-order valence-electron chi connectivity index (χ4n) is 1.89. The summed E-state index contributed by atoms with van der Waals surface area (Å²) in [5.74, 6) is 0.138. The summed E-state index contributed by atoms with van der Waals surface area (Å²) in [5, 5.41) is 0. The van der Waals surface area contributed by atoms with Crippen molar-refractivity contribution >= 4 is 5.97 Å². The van der Waals surface area contributed by atoms with Gasteiger partial charge in [-0.25, -0.2) is 4.79 Å². The van der Waals surface area contributed by atoms with Gasteiger partial charge in [0.25, 0.3) is 0 Å². The molecule has 0 fully saturated rings. The van der Waals surface area contributed by atoms with Gasteiger partial charge in [-0.3, -0.25) is 0 Å². The second-order valence-corrected chi connectivity index (χ2v) is 4.60. The maximum atomic E-state index is 12.0. The molecule has 0 saturated heterocycles. The molecular weight excluding hydrogens is 268 g/mol. The first-order valence-electron chi connectivity index (χ1n) is 6.61. The molecule has 0 amide bonds. The van der Waals surface area contributed by atoms with E-state index in [1.807, 2.05) is 24.3 Å². The summed E-state index contributed by atoms with van der Waals surface area (Å²) >= 11 is 0. The van der Waals surface area contributed by atoms with Gasteiger partial charge in [0.2, 0.25) is 0 Å². The number of carbonyl (C=O) groups is 1. The summed E-state index contributed by atoms with van der Waals surface area (Å²) in [6.45, 7) is 1.06. The molecule has 0 radical (unpaired) electrons. The van der Waals surface area contributed by atoms with Crippen LogP contribution in [0.4, 0.5) is 0 Å². The van der Waals surface area contributed by atoms with Crippen molar-refractivity contribution in [3.63, 3.8) is 0 Å². The fourth-order valence-corrected chi connectivity index (χ4v) is 1.89. The predicted molar refractivity (Wildman–Crippen MR) is 79.3 cm³/mol. The van der Waals surface area contributed by atoms with Gasteiger partial charge in [-0.2, -0.15) is 0 Å². The Morgan fingerprint density at radius 3 is 1.76 bits per heavy atom. The Labute approximate surface area is 124 Å². The van der Waals surface area contributed by atoms with Crippen LogP contribution in [-0.2, 0) is 22.7 Å². The standard InChI is InChI=1S/C17H18O4/c1-19-11-13-3-7-15(8-4-13)17(18)21-16-9-5-14(6-10-16)12-20-2/h3-10H,11-12H2,1-2H3. The Balaban J connectivity index is 2.00. The van der Waals surface area contributed by atoms with E-state index in [0.29, 0.717) is 24.5 Å². The zero-order valence-corrected chi connectivity index (χ0v) is 12.2. The highest BCUT2D eigenvalue weighted by atomic mass is 16.5. The van der Waals surface area contributed by atoms with Crippen LogP contribution in [0.5, 0.6) is 5.75 Å². The first-order valence-corrected chi connectivity index (χ1v) is 6.61. The topological polar surface area (TPSA) is 44.8 Å². The van der Waals surface area contributed by atoms with Gasteiger partial charge in [-0.05, 0) is 35.4 Å². The molecule has 0 bridgehead atoms. The van der Waals surface area contributed by atoms with E-state index in [1.54, 1.807) is 38.5 Å². The highest BCUT2D eigenvalue weighted by molar-refractivity contribution is 5.91. The molecule has 0 aliphatic carbocycles. The molecule has 0 spiro atoms.